The Balaban J connectivity index is 1.25. The molecule has 5 aromatic rings. The van der Waals surface area contributed by atoms with E-state index in [0.717, 1.165) is 68.9 Å². The summed E-state index contributed by atoms with van der Waals surface area (Å²) in [6.45, 7) is 10.5. The van der Waals surface area contributed by atoms with Gasteiger partial charge >= 0.3 is 24.0 Å². The number of nitrogens with zero attached hydrogens (tertiary/aromatic N) is 5. The monoisotopic (exact) mass is 1390 g/mol. The van der Waals surface area contributed by atoms with Crippen molar-refractivity contribution >= 4 is 40.6 Å². The van der Waals surface area contributed by atoms with E-state index in [-0.39, 0.29) is 54.2 Å². The van der Waals surface area contributed by atoms with Crippen molar-refractivity contribution in [1.82, 2.24) is 25.3 Å². The molecule has 0 unspecified atom stereocenters. The zero-order valence-electron chi connectivity index (χ0n) is 61.3. The van der Waals surface area contributed by atoms with Gasteiger partial charge in [-0.2, -0.15) is 13.2 Å². The first-order valence-corrected chi connectivity index (χ1v) is 38.6. The van der Waals surface area contributed by atoms with Crippen molar-refractivity contribution in [2.45, 2.75) is 303 Å². The van der Waals surface area contributed by atoms with Crippen LogP contribution in [-0.4, -0.2) is 95.5 Å². The van der Waals surface area contributed by atoms with E-state index < -0.39 is 42.5 Å². The number of nitrogens with one attached hydrogen (secondary N) is 1. The molecule has 0 fully saturated rings. The fourth-order valence-corrected chi connectivity index (χ4v) is 12.0. The second-order valence-electron chi connectivity index (χ2n) is 26.8. The lowest BCUT2D eigenvalue weighted by molar-refractivity contribution is -0.170. The smallest absolute Gasteiger partial charge is 0.471 e. The van der Waals surface area contributed by atoms with Crippen molar-refractivity contribution in [2.75, 3.05) is 44.5 Å². The molecule has 0 saturated heterocycles. The molecule has 2 aromatic heterocycles. The third-order valence-corrected chi connectivity index (χ3v) is 18.1. The Morgan fingerprint density at radius 1 is 0.470 bits per heavy atom. The average molecular weight is 1400 g/mol. The van der Waals surface area contributed by atoms with Gasteiger partial charge in [0.25, 0.3) is 5.91 Å². The number of aromatic nitrogens is 4. The molecule has 0 saturated carbocycles. The topological polar surface area (TPSA) is 190 Å². The van der Waals surface area contributed by atoms with E-state index in [1.807, 2.05) is 36.4 Å². The lowest BCUT2D eigenvalue weighted by Crippen LogP contribution is -2.42. The van der Waals surface area contributed by atoms with E-state index in [0.29, 0.717) is 67.2 Å². The molecular weight excluding hydrogens is 1270 g/mol. The minimum atomic E-state index is -5.26. The fraction of sp³-hybridized carbons (Fsp3) is 0.654. The first-order valence-electron chi connectivity index (χ1n) is 38.6. The van der Waals surface area contributed by atoms with Gasteiger partial charge < -0.3 is 33.7 Å². The van der Waals surface area contributed by atoms with E-state index in [9.17, 15) is 32.3 Å². The maximum Gasteiger partial charge on any atom is 0.471 e. The summed E-state index contributed by atoms with van der Waals surface area (Å²) in [5.74, 6) is -1.72. The average Bonchev–Trinajstić information content (AvgIpc) is 0.810. The number of amides is 2. The normalized spacial score (nSPS) is 11.8. The third kappa shape index (κ3) is 35.5. The third-order valence-electron chi connectivity index (χ3n) is 18.1. The summed E-state index contributed by atoms with van der Waals surface area (Å²) >= 11 is 0. The molecule has 2 amide bonds. The number of unbranched alkanes of at least 4 members (excludes halogenated alkanes) is 32. The highest BCUT2D eigenvalue weighted by molar-refractivity contribution is 5.99. The van der Waals surface area contributed by atoms with Gasteiger partial charge in [0.1, 0.15) is 17.9 Å². The minimum Gasteiger partial charge on any atom is -0.490 e. The number of carbonyl (C=O) groups excluding carboxylic acids is 4. The first-order chi connectivity index (χ1) is 48.8. The van der Waals surface area contributed by atoms with E-state index in [1.54, 1.807) is 0 Å². The van der Waals surface area contributed by atoms with Crippen molar-refractivity contribution < 1.29 is 60.8 Å². The molecular formula is C81H121F3N6O10. The van der Waals surface area contributed by atoms with Crippen LogP contribution < -0.4 is 29.2 Å². The highest BCUT2D eigenvalue weighted by atomic mass is 19.4. The molecule has 556 valence electrons. The van der Waals surface area contributed by atoms with E-state index >= 15 is 0 Å². The van der Waals surface area contributed by atoms with Crippen molar-refractivity contribution in [3.8, 4) is 23.0 Å². The zero-order valence-corrected chi connectivity index (χ0v) is 61.3. The van der Waals surface area contributed by atoms with Gasteiger partial charge in [-0.3, -0.25) is 19.3 Å². The largest absolute Gasteiger partial charge is 0.490 e. The fourth-order valence-electron chi connectivity index (χ4n) is 12.0. The summed E-state index contributed by atoms with van der Waals surface area (Å²) in [5.41, 5.74) is 1.96. The number of anilines is 1. The number of fused-ring (bicyclic) bond motifs is 1. The van der Waals surface area contributed by atoms with Crippen LogP contribution in [0.1, 0.15) is 299 Å². The quantitative estimate of drug-likeness (QED) is 0.0286. The summed E-state index contributed by atoms with van der Waals surface area (Å²) in [7, 11) is 0. The number of benzene rings is 3. The van der Waals surface area contributed by atoms with Crippen LogP contribution in [0, 0.1) is 0 Å². The van der Waals surface area contributed by atoms with E-state index in [1.165, 1.54) is 216 Å². The number of ether oxygens (including phenoxy) is 6. The van der Waals surface area contributed by atoms with Crippen LogP contribution >= 0.6 is 0 Å². The predicted octanol–water partition coefficient (Wildman–Crippen LogP) is 20.6. The van der Waals surface area contributed by atoms with Gasteiger partial charge in [0, 0.05) is 30.5 Å². The van der Waals surface area contributed by atoms with E-state index in [4.69, 9.17) is 28.4 Å². The van der Waals surface area contributed by atoms with Gasteiger partial charge in [0.2, 0.25) is 0 Å². The molecule has 16 nitrogen and oxygen atoms in total. The second kappa shape index (κ2) is 52.0. The number of halogens is 3. The number of hydrogen-bond acceptors (Lipinski definition) is 14. The minimum absolute atomic E-state index is 0.0302. The molecule has 1 N–H and O–H groups in total. The van der Waals surface area contributed by atoms with Crippen LogP contribution in [0.5, 0.6) is 23.0 Å². The summed E-state index contributed by atoms with van der Waals surface area (Å²) in [6, 6.07) is 15.1. The highest BCUT2D eigenvalue weighted by Gasteiger charge is 2.43. The zero-order chi connectivity index (χ0) is 71.5. The molecule has 0 spiro atoms. The molecule has 0 radical (unpaired) electrons. The van der Waals surface area contributed by atoms with E-state index in [2.05, 4.69) is 52.9 Å². The second-order valence-corrected chi connectivity index (χ2v) is 26.8. The molecule has 5 rings (SSSR count). The van der Waals surface area contributed by atoms with Gasteiger partial charge in [0.15, 0.2) is 28.6 Å². The van der Waals surface area contributed by atoms with Gasteiger partial charge in [-0.15, -0.1) is 0 Å². The molecule has 0 aliphatic rings. The standard InChI is InChI=1S/C81H121F3N6O10/c1-5-9-13-17-21-25-29-33-37-53-95-72-48-41-65(59-74(72)97-55-39-35-31-27-23-19-15-11-7-3)51-57-99-76(91)50-47-70(89-78(92)67-43-45-69(46-44-67)90(80(94)81(82,83)84)63-68-61-86-77-71(88-68)62-85-64-87-77)79(93)100-58-52-66-42-49-73(96-54-38-34-30-26-22-18-14-10-6-2)75(60-66)98-56-40-36-32-28-24-20-16-12-8-4/h41-46,48-49,59-62,64,70H,5-40,47,50-58,63H2,1-4H3,(H,89,92)/t70-/m0/s1. The van der Waals surface area contributed by atoms with Crippen LogP contribution in [-0.2, 0) is 43.2 Å². The van der Waals surface area contributed by atoms with Crippen LogP contribution in [0.4, 0.5) is 18.9 Å². The van der Waals surface area contributed by atoms with Crippen LogP contribution in [0.15, 0.2) is 79.4 Å². The van der Waals surface area contributed by atoms with Gasteiger partial charge in [0.05, 0.1) is 64.3 Å². The molecule has 2 heterocycles. The molecule has 19 heteroatoms. The van der Waals surface area contributed by atoms with Crippen molar-refractivity contribution in [3.63, 3.8) is 0 Å². The molecule has 3 aromatic carbocycles. The Hall–Kier alpha value is -7.05. The first kappa shape index (κ1) is 83.6. The molecule has 0 aliphatic carbocycles. The van der Waals surface area contributed by atoms with Crippen LogP contribution in [0.25, 0.3) is 11.2 Å². The summed E-state index contributed by atoms with van der Waals surface area (Å²) in [5, 5.41) is 2.70. The Labute approximate surface area is 596 Å². The number of rotatable bonds is 59. The number of alkyl halides is 3. The highest BCUT2D eigenvalue weighted by Crippen LogP contribution is 2.32. The maximum atomic E-state index is 14.2. The molecule has 0 aliphatic heterocycles. The molecule has 100 heavy (non-hydrogen) atoms. The Bertz CT molecular complexity index is 3030. The van der Waals surface area contributed by atoms with Crippen molar-refractivity contribution in [1.29, 1.82) is 0 Å². The number of hydrogen-bond donors (Lipinski definition) is 1. The number of esters is 2. The molecule has 1 atom stereocenters. The van der Waals surface area contributed by atoms with Crippen molar-refractivity contribution in [3.05, 3.63) is 102 Å². The lowest BCUT2D eigenvalue weighted by atomic mass is 10.1. The summed E-state index contributed by atoms with van der Waals surface area (Å²) in [4.78, 5) is 71.6. The SMILES string of the molecule is CCCCCCCCCCCOc1ccc(CCOC(=O)CC[C@H](NC(=O)c2ccc(N(Cc3cnc4ncncc4n3)C(=O)C(F)(F)F)cc2)C(=O)OCCc2ccc(OCCCCCCCCCCC)c(OCCCCCCCCCCC)c2)cc1OCCCCCCCCCCC. The Morgan fingerprint density at radius 3 is 1.31 bits per heavy atom. The van der Waals surface area contributed by atoms with Gasteiger partial charge in [-0.25, -0.2) is 24.7 Å². The predicted molar refractivity (Wildman–Crippen MR) is 392 cm³/mol. The maximum absolute atomic E-state index is 14.2. The summed E-state index contributed by atoms with van der Waals surface area (Å²) < 4.78 is 79.4. The van der Waals surface area contributed by atoms with Crippen LogP contribution in [0.2, 0.25) is 0 Å². The van der Waals surface area contributed by atoms with Gasteiger partial charge in [-0.05, 0) is 91.8 Å². The lowest BCUT2D eigenvalue weighted by Gasteiger charge is -2.24. The Morgan fingerprint density at radius 2 is 0.880 bits per heavy atom. The Kier molecular flexibility index (Phi) is 43.5. The van der Waals surface area contributed by atoms with Crippen molar-refractivity contribution in [2.24, 2.45) is 0 Å². The van der Waals surface area contributed by atoms with Crippen LogP contribution in [0.3, 0.4) is 0 Å². The van der Waals surface area contributed by atoms with Gasteiger partial charge in [-0.1, -0.05) is 245 Å². The summed E-state index contributed by atoms with van der Waals surface area (Å²) in [6.07, 6.45) is 42.1. The number of carbonyl (C=O) groups is 4. The molecule has 0 bridgehead atoms.